The van der Waals surface area contributed by atoms with Gasteiger partial charge in [0, 0.05) is 12.2 Å². The van der Waals surface area contributed by atoms with Gasteiger partial charge in [-0.25, -0.2) is 9.59 Å². The van der Waals surface area contributed by atoms with E-state index in [4.69, 9.17) is 9.47 Å². The third kappa shape index (κ3) is 4.24. The summed E-state index contributed by atoms with van der Waals surface area (Å²) in [4.78, 5) is 56.8. The maximum atomic E-state index is 14.2. The Kier molecular flexibility index (Phi) is 6.62. The second kappa shape index (κ2) is 9.26. The van der Waals surface area contributed by atoms with Gasteiger partial charge in [0.2, 0.25) is 11.8 Å². The van der Waals surface area contributed by atoms with Gasteiger partial charge in [0.1, 0.15) is 17.7 Å². The monoisotopic (exact) mass is 497 g/mol. The molecule has 1 aromatic rings. The van der Waals surface area contributed by atoms with Crippen molar-refractivity contribution < 1.29 is 28.7 Å². The number of nitrogens with zero attached hydrogens (tertiary/aromatic N) is 2. The van der Waals surface area contributed by atoms with Gasteiger partial charge < -0.3 is 19.7 Å². The summed E-state index contributed by atoms with van der Waals surface area (Å²) >= 11 is 0. The first-order valence-corrected chi connectivity index (χ1v) is 12.4. The Morgan fingerprint density at radius 3 is 2.53 bits per heavy atom. The minimum Gasteiger partial charge on any atom is -0.467 e. The number of para-hydroxylation sites is 1. The van der Waals surface area contributed by atoms with Crippen molar-refractivity contribution in [2.24, 2.45) is 0 Å². The molecule has 3 amide bonds. The highest BCUT2D eigenvalue weighted by Gasteiger charge is 2.64. The van der Waals surface area contributed by atoms with Crippen LogP contribution in [0.25, 0.3) is 0 Å². The van der Waals surface area contributed by atoms with Crippen LogP contribution in [0.2, 0.25) is 0 Å². The fourth-order valence-electron chi connectivity index (χ4n) is 5.84. The number of carbonyl (C=O) groups is 4. The van der Waals surface area contributed by atoms with E-state index in [1.807, 2.05) is 31.2 Å². The first-order chi connectivity index (χ1) is 16.9. The number of hydrogen-bond donors (Lipinski definition) is 1. The van der Waals surface area contributed by atoms with Crippen molar-refractivity contribution in [3.05, 3.63) is 42.0 Å². The van der Waals surface area contributed by atoms with Crippen molar-refractivity contribution in [3.63, 3.8) is 0 Å². The van der Waals surface area contributed by atoms with E-state index in [9.17, 15) is 19.2 Å². The van der Waals surface area contributed by atoms with Crippen molar-refractivity contribution in [3.8, 4) is 0 Å². The van der Waals surface area contributed by atoms with Crippen LogP contribution in [0.15, 0.2) is 36.4 Å². The topological polar surface area (TPSA) is 105 Å². The summed E-state index contributed by atoms with van der Waals surface area (Å²) in [5.74, 6) is -1.23. The van der Waals surface area contributed by atoms with E-state index in [-0.39, 0.29) is 18.2 Å². The van der Waals surface area contributed by atoms with Crippen molar-refractivity contribution in [2.75, 3.05) is 19.0 Å². The summed E-state index contributed by atoms with van der Waals surface area (Å²) in [7, 11) is 1.27. The van der Waals surface area contributed by atoms with Crippen LogP contribution in [-0.2, 0) is 29.3 Å². The third-order valence-corrected chi connectivity index (χ3v) is 7.25. The molecule has 0 bridgehead atoms. The summed E-state index contributed by atoms with van der Waals surface area (Å²) in [5.41, 5.74) is 0.340. The fourth-order valence-corrected chi connectivity index (χ4v) is 5.84. The molecule has 2 fully saturated rings. The van der Waals surface area contributed by atoms with Gasteiger partial charge in [-0.15, -0.1) is 6.58 Å². The van der Waals surface area contributed by atoms with E-state index < -0.39 is 41.2 Å². The van der Waals surface area contributed by atoms with Gasteiger partial charge in [-0.1, -0.05) is 23.8 Å². The molecule has 2 saturated heterocycles. The maximum Gasteiger partial charge on any atom is 0.410 e. The average molecular weight is 498 g/mol. The molecule has 4 atom stereocenters. The lowest BCUT2D eigenvalue weighted by molar-refractivity contribution is -0.154. The Hall–Kier alpha value is -3.36. The normalized spacial score (nSPS) is 27.1. The summed E-state index contributed by atoms with van der Waals surface area (Å²) < 4.78 is 10.7. The molecule has 0 aromatic heterocycles. The van der Waals surface area contributed by atoms with Crippen LogP contribution in [0.3, 0.4) is 0 Å². The molecule has 3 heterocycles. The van der Waals surface area contributed by atoms with Crippen LogP contribution in [0.5, 0.6) is 0 Å². The van der Waals surface area contributed by atoms with Gasteiger partial charge in [0.15, 0.2) is 0 Å². The first kappa shape index (κ1) is 25.7. The number of fused-ring (bicyclic) bond motifs is 2. The zero-order chi connectivity index (χ0) is 26.4. The summed E-state index contributed by atoms with van der Waals surface area (Å²) in [5, 5.41) is 2.95. The average Bonchev–Trinajstić information content (AvgIpc) is 3.48. The molecule has 36 heavy (non-hydrogen) atoms. The highest BCUT2D eigenvalue weighted by molar-refractivity contribution is 6.09. The summed E-state index contributed by atoms with van der Waals surface area (Å²) in [6, 6.07) is 4.91. The minimum absolute atomic E-state index is 0.0887. The quantitative estimate of drug-likeness (QED) is 0.505. The maximum absolute atomic E-state index is 14.2. The molecule has 9 nitrogen and oxygen atoms in total. The standard InChI is InChI=1S/C27H35N3O6/c1-16(2)14-21-27(17-10-7-8-11-18(17)28-24(27)33)15-20(23(32)35-6)30(21)22(31)19-12-9-13-29(19)25(34)36-26(3,4)5/h7-8,10-11,19-21H,1,9,12-15H2,2-6H3,(H,28,33)/t19-,20?,21-,27+/m0/s1. The summed E-state index contributed by atoms with van der Waals surface area (Å²) in [6.07, 6.45) is 0.914. The molecular formula is C27H35N3O6. The number of anilines is 1. The van der Waals surface area contributed by atoms with Crippen LogP contribution in [0.1, 0.15) is 58.9 Å². The third-order valence-electron chi connectivity index (χ3n) is 7.25. The lowest BCUT2D eigenvalue weighted by atomic mass is 9.72. The zero-order valence-corrected chi connectivity index (χ0v) is 21.6. The van der Waals surface area contributed by atoms with E-state index in [0.29, 0.717) is 31.5 Å². The Morgan fingerprint density at radius 1 is 1.19 bits per heavy atom. The van der Waals surface area contributed by atoms with Gasteiger partial charge in [0.25, 0.3) is 0 Å². The number of esters is 1. The number of ether oxygens (including phenoxy) is 2. The highest BCUT2D eigenvalue weighted by atomic mass is 16.6. The molecule has 1 N–H and O–H groups in total. The highest BCUT2D eigenvalue weighted by Crippen LogP contribution is 2.52. The van der Waals surface area contributed by atoms with Gasteiger partial charge in [-0.2, -0.15) is 0 Å². The van der Waals surface area contributed by atoms with Crippen LogP contribution in [0, 0.1) is 0 Å². The van der Waals surface area contributed by atoms with E-state index in [1.165, 1.54) is 16.9 Å². The molecule has 3 aliphatic rings. The molecule has 1 unspecified atom stereocenters. The second-order valence-electron chi connectivity index (χ2n) is 11.0. The van der Waals surface area contributed by atoms with Gasteiger partial charge >= 0.3 is 12.1 Å². The number of amides is 3. The molecule has 1 spiro atoms. The van der Waals surface area contributed by atoms with Crippen LogP contribution in [-0.4, -0.2) is 71.1 Å². The molecule has 0 aliphatic carbocycles. The van der Waals surface area contributed by atoms with Crippen LogP contribution in [0.4, 0.5) is 10.5 Å². The number of benzene rings is 1. The predicted octanol–water partition coefficient (Wildman–Crippen LogP) is 3.38. The Bertz CT molecular complexity index is 1110. The van der Waals surface area contributed by atoms with Crippen molar-refractivity contribution in [1.82, 2.24) is 9.80 Å². The first-order valence-electron chi connectivity index (χ1n) is 12.4. The SMILES string of the molecule is C=C(C)C[C@@H]1N(C(=O)[C@@H]2CCCN2C(=O)OC(C)(C)C)C(C(=O)OC)C[C@]12C(=O)Nc1ccccc12. The molecule has 9 heteroatoms. The lowest BCUT2D eigenvalue weighted by Gasteiger charge is -2.37. The van der Waals surface area contributed by atoms with E-state index in [0.717, 1.165) is 11.1 Å². The Labute approximate surface area is 211 Å². The van der Waals surface area contributed by atoms with Crippen molar-refractivity contribution >= 4 is 29.6 Å². The smallest absolute Gasteiger partial charge is 0.410 e. The fraction of sp³-hybridized carbons (Fsp3) is 0.556. The van der Waals surface area contributed by atoms with Gasteiger partial charge in [-0.3, -0.25) is 14.5 Å². The van der Waals surface area contributed by atoms with Crippen molar-refractivity contribution in [2.45, 2.75) is 82.5 Å². The molecule has 1 aromatic carbocycles. The van der Waals surface area contributed by atoms with E-state index in [2.05, 4.69) is 11.9 Å². The molecule has 4 rings (SSSR count). The predicted molar refractivity (Wildman–Crippen MR) is 133 cm³/mol. The molecule has 194 valence electrons. The molecule has 3 aliphatic heterocycles. The van der Waals surface area contributed by atoms with Crippen molar-refractivity contribution in [1.29, 1.82) is 0 Å². The molecule has 0 radical (unpaired) electrons. The second-order valence-corrected chi connectivity index (χ2v) is 11.0. The van der Waals surface area contributed by atoms with Gasteiger partial charge in [0.05, 0.1) is 18.6 Å². The molecule has 0 saturated carbocycles. The van der Waals surface area contributed by atoms with Gasteiger partial charge in [-0.05, 0) is 65.0 Å². The zero-order valence-electron chi connectivity index (χ0n) is 21.6. The van der Waals surface area contributed by atoms with Crippen LogP contribution < -0.4 is 5.32 Å². The van der Waals surface area contributed by atoms with E-state index >= 15 is 0 Å². The minimum atomic E-state index is -1.14. The summed E-state index contributed by atoms with van der Waals surface area (Å²) in [6.45, 7) is 11.6. The lowest BCUT2D eigenvalue weighted by Crippen LogP contribution is -2.56. The number of hydrogen-bond acceptors (Lipinski definition) is 6. The largest absolute Gasteiger partial charge is 0.467 e. The number of likely N-dealkylation sites (tertiary alicyclic amines) is 2. The number of rotatable bonds is 4. The number of methoxy groups -OCH3 is 1. The number of carbonyl (C=O) groups excluding carboxylic acids is 4. The Morgan fingerprint density at radius 2 is 1.89 bits per heavy atom. The number of nitrogens with one attached hydrogen (secondary N) is 1. The van der Waals surface area contributed by atoms with Crippen LogP contribution >= 0.6 is 0 Å². The Balaban J connectivity index is 1.79. The van der Waals surface area contributed by atoms with E-state index in [1.54, 1.807) is 20.8 Å². The molecular weight excluding hydrogens is 462 g/mol.